The van der Waals surface area contributed by atoms with Crippen LogP contribution in [0.5, 0.6) is 0 Å². The zero-order chi connectivity index (χ0) is 44.5. The molecule has 336 valence electrons. The van der Waals surface area contributed by atoms with Gasteiger partial charge in [-0.3, -0.25) is 24.2 Å². The molecule has 5 heterocycles. The standard InChI is InChI=1S/C27H31N3O2.C23H24N2O3.Cl2OS/c31-26(28-13-1-2-14-28)20-8-6-19(7-9-20)21-10-11-25-22(16-21)17-30(27(25)32)24-12-15-29(18-24)23-4-3-5-23;26-22-21-9-8-17(15-4-6-16(7-5-15)23(27)28)12-18(21)13-25(22)20-10-11-24(14-20)19-2-1-3-19;1-4(2)3/h6-11,16,23-24H,1-5,12-15,17-18H2;4-9,12,19-20H,1-3,10-11,13-14H2,(H,27,28);/t24-;20-;/m11./s1. The molecule has 2 atom stereocenters. The molecule has 64 heavy (non-hydrogen) atoms. The second kappa shape index (κ2) is 19.5. The second-order valence-electron chi connectivity index (χ2n) is 18.3. The number of carboxylic acids is 1. The minimum Gasteiger partial charge on any atom is -0.478 e. The first-order chi connectivity index (χ1) is 31.0. The molecule has 5 aliphatic heterocycles. The van der Waals surface area contributed by atoms with Crippen molar-refractivity contribution < 1.29 is 28.5 Å². The highest BCUT2D eigenvalue weighted by Crippen LogP contribution is 2.36. The zero-order valence-corrected chi connectivity index (χ0v) is 38.3. The van der Waals surface area contributed by atoms with E-state index in [0.29, 0.717) is 18.6 Å². The van der Waals surface area contributed by atoms with E-state index in [1.165, 1.54) is 38.5 Å². The van der Waals surface area contributed by atoms with Gasteiger partial charge in [-0.05, 0) is 133 Å². The van der Waals surface area contributed by atoms with Gasteiger partial charge in [-0.25, -0.2) is 9.00 Å². The summed E-state index contributed by atoms with van der Waals surface area (Å²) in [7, 11) is 7.36. The number of hydrogen-bond donors (Lipinski definition) is 1. The number of hydrogen-bond acceptors (Lipinski definition) is 7. The van der Waals surface area contributed by atoms with Crippen LogP contribution in [0.25, 0.3) is 22.3 Å². The van der Waals surface area contributed by atoms with Crippen molar-refractivity contribution in [3.05, 3.63) is 118 Å². The first-order valence-corrected chi connectivity index (χ1v) is 25.6. The third kappa shape index (κ3) is 9.54. The average molecular weight is 925 g/mol. The highest BCUT2D eigenvalue weighted by molar-refractivity contribution is 8.26. The van der Waals surface area contributed by atoms with Crippen LogP contribution in [0, 0.1) is 0 Å². The lowest BCUT2D eigenvalue weighted by Crippen LogP contribution is -2.42. The van der Waals surface area contributed by atoms with Crippen LogP contribution in [-0.4, -0.2) is 121 Å². The van der Waals surface area contributed by atoms with E-state index < -0.39 is 15.2 Å². The van der Waals surface area contributed by atoms with Crippen molar-refractivity contribution in [3.8, 4) is 22.3 Å². The van der Waals surface area contributed by atoms with E-state index in [1.807, 2.05) is 65.6 Å². The Hall–Kier alpha value is -4.59. The van der Waals surface area contributed by atoms with Crippen molar-refractivity contribution in [1.82, 2.24) is 24.5 Å². The largest absolute Gasteiger partial charge is 0.478 e. The van der Waals surface area contributed by atoms with Gasteiger partial charge in [-0.15, -0.1) is 0 Å². The van der Waals surface area contributed by atoms with Crippen molar-refractivity contribution in [1.29, 1.82) is 0 Å². The third-order valence-corrected chi connectivity index (χ3v) is 14.7. The van der Waals surface area contributed by atoms with E-state index in [1.54, 1.807) is 12.1 Å². The number of carbonyl (C=O) groups is 4. The van der Waals surface area contributed by atoms with E-state index in [2.05, 4.69) is 53.1 Å². The van der Waals surface area contributed by atoms with Crippen molar-refractivity contribution >= 4 is 54.3 Å². The summed E-state index contributed by atoms with van der Waals surface area (Å²) < 4.78 is 9.09. The van der Waals surface area contributed by atoms with Crippen molar-refractivity contribution in [3.63, 3.8) is 0 Å². The Bertz CT molecular complexity index is 2420. The highest BCUT2D eigenvalue weighted by Gasteiger charge is 2.40. The van der Waals surface area contributed by atoms with Gasteiger partial charge in [-0.2, -0.15) is 0 Å². The van der Waals surface area contributed by atoms with E-state index in [-0.39, 0.29) is 23.3 Å². The van der Waals surface area contributed by atoms with E-state index in [9.17, 15) is 19.2 Å². The summed E-state index contributed by atoms with van der Waals surface area (Å²) in [5.74, 6) is -0.437. The monoisotopic (exact) mass is 923 g/mol. The van der Waals surface area contributed by atoms with Gasteiger partial charge < -0.3 is 19.8 Å². The van der Waals surface area contributed by atoms with Crippen molar-refractivity contribution in [2.75, 3.05) is 39.3 Å². The lowest BCUT2D eigenvalue weighted by Gasteiger charge is -2.35. The van der Waals surface area contributed by atoms with Gasteiger partial charge in [0.25, 0.3) is 17.7 Å². The molecule has 5 fully saturated rings. The van der Waals surface area contributed by atoms with Gasteiger partial charge in [-0.1, -0.05) is 49.2 Å². The molecule has 2 saturated carbocycles. The quantitative estimate of drug-likeness (QED) is 0.174. The first-order valence-electron chi connectivity index (χ1n) is 22.8. The lowest BCUT2D eigenvalue weighted by molar-refractivity contribution is 0.0682. The first kappa shape index (κ1) is 44.6. The van der Waals surface area contributed by atoms with Crippen molar-refractivity contribution in [2.24, 2.45) is 0 Å². The minimum absolute atomic E-state index is 0.136. The average Bonchev–Trinajstić information content (AvgIpc) is 4.12. The zero-order valence-electron chi connectivity index (χ0n) is 36.0. The Balaban J connectivity index is 0.000000151. The molecule has 2 aliphatic carbocycles. The van der Waals surface area contributed by atoms with Gasteiger partial charge in [0.05, 0.1) is 5.56 Å². The molecular weight excluding hydrogens is 870 g/mol. The molecule has 14 heteroatoms. The molecular formula is C50H55Cl2N5O6S. The number of nitrogens with zero attached hydrogens (tertiary/aromatic N) is 5. The SMILES string of the molecule is O=C(O)c1ccc(-c2ccc3c(c2)CN([C@@H]2CCN(C4CCC4)C2)C3=O)cc1.O=C(c1ccc(-c2ccc3c(c2)CN([C@@H]2CCN(C4CCC4)C2)C3=O)cc1)N1CCCC1.O=S(Cl)Cl. The second-order valence-corrected chi connectivity index (χ2v) is 20.8. The summed E-state index contributed by atoms with van der Waals surface area (Å²) in [4.78, 5) is 61.0. The summed E-state index contributed by atoms with van der Waals surface area (Å²) >= 11 is 0. The van der Waals surface area contributed by atoms with Crippen molar-refractivity contribution in [2.45, 2.75) is 101 Å². The molecule has 0 unspecified atom stereocenters. The summed E-state index contributed by atoms with van der Waals surface area (Å²) in [5, 5.41) is 9.06. The molecule has 7 aliphatic rings. The van der Waals surface area contributed by atoms with Crippen LogP contribution >= 0.6 is 21.4 Å². The predicted molar refractivity (Wildman–Crippen MR) is 251 cm³/mol. The third-order valence-electron chi connectivity index (χ3n) is 14.7. The Morgan fingerprint density at radius 3 is 1.33 bits per heavy atom. The molecule has 1 N–H and O–H groups in total. The van der Waals surface area contributed by atoms with Crippen LogP contribution < -0.4 is 0 Å². The fraction of sp³-hybridized carbons (Fsp3) is 0.440. The van der Waals surface area contributed by atoms with Crippen LogP contribution in [-0.2, 0) is 22.3 Å². The molecule has 0 spiro atoms. The number of halogens is 2. The lowest BCUT2D eigenvalue weighted by atomic mass is 9.92. The highest BCUT2D eigenvalue weighted by atomic mass is 36.0. The van der Waals surface area contributed by atoms with Gasteiger partial charge in [0.1, 0.15) is 0 Å². The Kier molecular flexibility index (Phi) is 13.6. The van der Waals surface area contributed by atoms with Gasteiger partial charge >= 0.3 is 5.97 Å². The maximum atomic E-state index is 13.1. The van der Waals surface area contributed by atoms with Gasteiger partial charge in [0.2, 0.25) is 9.23 Å². The normalized spacial score (nSPS) is 22.1. The Morgan fingerprint density at radius 1 is 0.531 bits per heavy atom. The molecule has 0 aromatic heterocycles. The van der Waals surface area contributed by atoms with Crippen LogP contribution in [0.2, 0.25) is 0 Å². The van der Waals surface area contributed by atoms with Crippen LogP contribution in [0.1, 0.15) is 117 Å². The Labute approximate surface area is 386 Å². The molecule has 0 radical (unpaired) electrons. The maximum absolute atomic E-state index is 13.1. The van der Waals surface area contributed by atoms with Crippen LogP contribution in [0.3, 0.4) is 0 Å². The number of likely N-dealkylation sites (tertiary alicyclic amines) is 3. The molecule has 11 nitrogen and oxygen atoms in total. The van der Waals surface area contributed by atoms with Crippen LogP contribution in [0.15, 0.2) is 84.9 Å². The van der Waals surface area contributed by atoms with Gasteiger partial charge in [0.15, 0.2) is 0 Å². The fourth-order valence-corrected chi connectivity index (χ4v) is 10.6. The van der Waals surface area contributed by atoms with Crippen LogP contribution in [0.4, 0.5) is 0 Å². The van der Waals surface area contributed by atoms with Gasteiger partial charge in [0, 0.05) is 115 Å². The number of carbonyl (C=O) groups excluding carboxylic acids is 3. The fourth-order valence-electron chi connectivity index (χ4n) is 10.6. The summed E-state index contributed by atoms with van der Waals surface area (Å²) in [5.41, 5.74) is 9.11. The number of carboxylic acid groups (broad SMARTS) is 1. The smallest absolute Gasteiger partial charge is 0.335 e. The number of amides is 3. The Morgan fingerprint density at radius 2 is 0.938 bits per heavy atom. The number of fused-ring (bicyclic) bond motifs is 2. The molecule has 11 rings (SSSR count). The number of rotatable bonds is 8. The molecule has 4 aromatic carbocycles. The topological polar surface area (TPSA) is 122 Å². The van der Waals surface area contributed by atoms with E-state index in [4.69, 9.17) is 9.32 Å². The summed E-state index contributed by atoms with van der Waals surface area (Å²) in [6.07, 6.45) is 12.3. The molecule has 3 saturated heterocycles. The number of aromatic carboxylic acids is 1. The minimum atomic E-state index is -1.67. The molecule has 0 bridgehead atoms. The predicted octanol–water partition coefficient (Wildman–Crippen LogP) is 8.85. The molecule has 3 amide bonds. The molecule has 4 aromatic rings. The maximum Gasteiger partial charge on any atom is 0.335 e. The van der Waals surface area contributed by atoms with E-state index >= 15 is 0 Å². The van der Waals surface area contributed by atoms with E-state index in [0.717, 1.165) is 134 Å². The summed E-state index contributed by atoms with van der Waals surface area (Å²) in [6.45, 7) is 7.41. The number of benzene rings is 4. The summed E-state index contributed by atoms with van der Waals surface area (Å²) in [6, 6.07) is 29.2.